The third-order valence-electron chi connectivity index (χ3n) is 6.34. The predicted molar refractivity (Wildman–Crippen MR) is 149 cm³/mol. The normalized spacial score (nSPS) is 12.2. The lowest BCUT2D eigenvalue weighted by Gasteiger charge is -2.32. The minimum Gasteiger partial charge on any atom is -0.484 e. The summed E-state index contributed by atoms with van der Waals surface area (Å²) in [5.41, 5.74) is 2.40. The molecule has 0 heterocycles. The summed E-state index contributed by atoms with van der Waals surface area (Å²) < 4.78 is 20.5. The Labute approximate surface area is 226 Å². The highest BCUT2D eigenvalue weighted by atomic mass is 19.1. The number of carbonyl (C=O) groups is 2. The van der Waals surface area contributed by atoms with Crippen molar-refractivity contribution < 1.29 is 18.7 Å². The summed E-state index contributed by atoms with van der Waals surface area (Å²) in [6, 6.07) is 22.6. The van der Waals surface area contributed by atoms with Crippen LogP contribution in [0.3, 0.4) is 0 Å². The van der Waals surface area contributed by atoms with Crippen molar-refractivity contribution in [1.29, 1.82) is 0 Å². The van der Waals surface area contributed by atoms with Gasteiger partial charge in [-0.15, -0.1) is 0 Å². The second-order valence-electron chi connectivity index (χ2n) is 11.0. The SMILES string of the molecule is CC(C)CNC(=O)[C@@H](Cc1ccccc1)N(Cc1ccccc1F)C(=O)COc1ccc(C(C)(C)C)cc1. The summed E-state index contributed by atoms with van der Waals surface area (Å²) in [6.07, 6.45) is 0.297. The molecular weight excluding hydrogens is 479 g/mol. The van der Waals surface area contributed by atoms with Crippen LogP contribution in [-0.2, 0) is 28.0 Å². The zero-order valence-electron chi connectivity index (χ0n) is 23.0. The predicted octanol–water partition coefficient (Wildman–Crippen LogP) is 5.91. The Bertz CT molecular complexity index is 1190. The number of rotatable bonds is 11. The number of hydrogen-bond acceptors (Lipinski definition) is 3. The number of carbonyl (C=O) groups excluding carboxylic acids is 2. The van der Waals surface area contributed by atoms with Crippen LogP contribution in [0, 0.1) is 11.7 Å². The number of ether oxygens (including phenoxy) is 1. The minimum absolute atomic E-state index is 0.00108. The molecule has 0 saturated heterocycles. The second-order valence-corrected chi connectivity index (χ2v) is 11.0. The van der Waals surface area contributed by atoms with E-state index < -0.39 is 17.8 Å². The molecule has 202 valence electrons. The maximum atomic E-state index is 14.7. The largest absolute Gasteiger partial charge is 0.484 e. The van der Waals surface area contributed by atoms with E-state index in [0.717, 1.165) is 11.1 Å². The summed E-state index contributed by atoms with van der Waals surface area (Å²) in [7, 11) is 0. The first-order valence-electron chi connectivity index (χ1n) is 13.1. The second kappa shape index (κ2) is 13.2. The van der Waals surface area contributed by atoms with Crippen molar-refractivity contribution in [3.05, 3.63) is 101 Å². The lowest BCUT2D eigenvalue weighted by molar-refractivity contribution is -0.142. The molecule has 0 spiro atoms. The first-order valence-corrected chi connectivity index (χ1v) is 13.1. The highest BCUT2D eigenvalue weighted by Crippen LogP contribution is 2.24. The quantitative estimate of drug-likeness (QED) is 0.343. The zero-order valence-corrected chi connectivity index (χ0v) is 23.0. The molecule has 0 saturated carbocycles. The van der Waals surface area contributed by atoms with Crippen molar-refractivity contribution >= 4 is 11.8 Å². The van der Waals surface area contributed by atoms with Crippen LogP contribution < -0.4 is 10.1 Å². The molecule has 2 amide bonds. The van der Waals surface area contributed by atoms with Crippen LogP contribution in [0.4, 0.5) is 4.39 Å². The third-order valence-corrected chi connectivity index (χ3v) is 6.34. The van der Waals surface area contributed by atoms with Crippen molar-refractivity contribution in [3.8, 4) is 5.75 Å². The molecule has 0 aliphatic rings. The van der Waals surface area contributed by atoms with Gasteiger partial charge >= 0.3 is 0 Å². The maximum absolute atomic E-state index is 14.7. The standard InChI is InChI=1S/C32H39FN2O3/c1-23(2)20-34-31(37)29(19-24-11-7-6-8-12-24)35(21-25-13-9-10-14-28(25)33)30(36)22-38-27-17-15-26(16-18-27)32(3,4)5/h6-18,23,29H,19-22H2,1-5H3,(H,34,37)/t29-/m1/s1. The third kappa shape index (κ3) is 8.44. The lowest BCUT2D eigenvalue weighted by atomic mass is 9.87. The summed E-state index contributed by atoms with van der Waals surface area (Å²) in [4.78, 5) is 28.5. The molecular formula is C32H39FN2O3. The van der Waals surface area contributed by atoms with Gasteiger partial charge in [0.25, 0.3) is 5.91 Å². The molecule has 3 rings (SSSR count). The van der Waals surface area contributed by atoms with E-state index >= 15 is 0 Å². The van der Waals surface area contributed by atoms with Crippen LogP contribution in [0.5, 0.6) is 5.75 Å². The van der Waals surface area contributed by atoms with Gasteiger partial charge in [0.05, 0.1) is 0 Å². The van der Waals surface area contributed by atoms with Crippen LogP contribution in [0.1, 0.15) is 51.3 Å². The van der Waals surface area contributed by atoms with Gasteiger partial charge in [-0.2, -0.15) is 0 Å². The Morgan fingerprint density at radius 3 is 2.16 bits per heavy atom. The van der Waals surface area contributed by atoms with Gasteiger partial charge in [-0.05, 0) is 40.7 Å². The highest BCUT2D eigenvalue weighted by Gasteiger charge is 2.31. The number of benzene rings is 3. The van der Waals surface area contributed by atoms with Gasteiger partial charge in [-0.3, -0.25) is 9.59 Å². The van der Waals surface area contributed by atoms with Crippen molar-refractivity contribution in [3.63, 3.8) is 0 Å². The molecule has 0 aliphatic carbocycles. The first kappa shape index (κ1) is 28.9. The average molecular weight is 519 g/mol. The van der Waals surface area contributed by atoms with Gasteiger partial charge in [0.2, 0.25) is 5.91 Å². The molecule has 0 aromatic heterocycles. The smallest absolute Gasteiger partial charge is 0.261 e. The zero-order chi connectivity index (χ0) is 27.7. The van der Waals surface area contributed by atoms with Crippen LogP contribution >= 0.6 is 0 Å². The lowest BCUT2D eigenvalue weighted by Crippen LogP contribution is -2.52. The fraction of sp³-hybridized carbons (Fsp3) is 0.375. The Kier molecular flexibility index (Phi) is 10.1. The molecule has 1 atom stereocenters. The number of nitrogens with one attached hydrogen (secondary N) is 1. The van der Waals surface area contributed by atoms with Gasteiger partial charge in [-0.25, -0.2) is 4.39 Å². The van der Waals surface area contributed by atoms with Gasteiger partial charge in [-0.1, -0.05) is 95.3 Å². The molecule has 38 heavy (non-hydrogen) atoms. The van der Waals surface area contributed by atoms with Gasteiger partial charge in [0.15, 0.2) is 6.61 Å². The van der Waals surface area contributed by atoms with Gasteiger partial charge in [0, 0.05) is 25.1 Å². The number of nitrogens with zero attached hydrogens (tertiary/aromatic N) is 1. The fourth-order valence-corrected chi connectivity index (χ4v) is 4.07. The highest BCUT2D eigenvalue weighted by molar-refractivity contribution is 5.88. The number of halogens is 1. The van der Waals surface area contributed by atoms with Crippen molar-refractivity contribution in [2.24, 2.45) is 5.92 Å². The van der Waals surface area contributed by atoms with E-state index in [1.807, 2.05) is 68.4 Å². The number of hydrogen-bond donors (Lipinski definition) is 1. The molecule has 0 radical (unpaired) electrons. The Balaban J connectivity index is 1.88. The maximum Gasteiger partial charge on any atom is 0.261 e. The Hall–Kier alpha value is -3.67. The van der Waals surface area contributed by atoms with E-state index in [2.05, 4.69) is 26.1 Å². The van der Waals surface area contributed by atoms with Crippen LogP contribution in [0.15, 0.2) is 78.9 Å². The van der Waals surface area contributed by atoms with Crippen molar-refractivity contribution in [1.82, 2.24) is 10.2 Å². The van der Waals surface area contributed by atoms with E-state index in [-0.39, 0.29) is 30.4 Å². The van der Waals surface area contributed by atoms with E-state index in [0.29, 0.717) is 24.3 Å². The molecule has 0 bridgehead atoms. The van der Waals surface area contributed by atoms with E-state index in [9.17, 15) is 14.0 Å². The van der Waals surface area contributed by atoms with E-state index in [1.54, 1.807) is 18.2 Å². The summed E-state index contributed by atoms with van der Waals surface area (Å²) in [5, 5.41) is 2.96. The average Bonchev–Trinajstić information content (AvgIpc) is 2.89. The van der Waals surface area contributed by atoms with E-state index in [4.69, 9.17) is 4.74 Å². The van der Waals surface area contributed by atoms with Crippen molar-refractivity contribution in [2.75, 3.05) is 13.2 Å². The van der Waals surface area contributed by atoms with Gasteiger partial charge < -0.3 is 15.0 Å². The van der Waals surface area contributed by atoms with E-state index in [1.165, 1.54) is 11.0 Å². The molecule has 0 aliphatic heterocycles. The monoisotopic (exact) mass is 518 g/mol. The summed E-state index contributed by atoms with van der Waals surface area (Å²) in [6.45, 7) is 10.6. The molecule has 6 heteroatoms. The van der Waals surface area contributed by atoms with Crippen molar-refractivity contribution in [2.45, 2.75) is 59.0 Å². The molecule has 1 N–H and O–H groups in total. The Morgan fingerprint density at radius 1 is 0.921 bits per heavy atom. The number of amides is 2. The molecule has 3 aromatic rings. The summed E-state index contributed by atoms with van der Waals surface area (Å²) in [5.74, 6) is -0.298. The van der Waals surface area contributed by atoms with Crippen LogP contribution in [-0.4, -0.2) is 35.9 Å². The first-order chi connectivity index (χ1) is 18.0. The minimum atomic E-state index is -0.838. The summed E-state index contributed by atoms with van der Waals surface area (Å²) >= 11 is 0. The van der Waals surface area contributed by atoms with Crippen LogP contribution in [0.25, 0.3) is 0 Å². The Morgan fingerprint density at radius 2 is 1.55 bits per heavy atom. The molecule has 0 fully saturated rings. The van der Waals surface area contributed by atoms with Crippen LogP contribution in [0.2, 0.25) is 0 Å². The topological polar surface area (TPSA) is 58.6 Å². The fourth-order valence-electron chi connectivity index (χ4n) is 4.07. The molecule has 0 unspecified atom stereocenters. The molecule has 5 nitrogen and oxygen atoms in total. The van der Waals surface area contributed by atoms with Gasteiger partial charge in [0.1, 0.15) is 17.6 Å². The molecule has 3 aromatic carbocycles.